The van der Waals surface area contributed by atoms with Gasteiger partial charge in [0.1, 0.15) is 0 Å². The maximum atomic E-state index is 5.78. The van der Waals surface area contributed by atoms with Gasteiger partial charge in [-0.05, 0) is 18.4 Å². The minimum absolute atomic E-state index is 0.400. The van der Waals surface area contributed by atoms with Crippen LogP contribution in [0.25, 0.3) is 0 Å². The summed E-state index contributed by atoms with van der Waals surface area (Å²) >= 11 is 1.66. The maximum Gasteiger partial charge on any atom is 0.191 e. The summed E-state index contributed by atoms with van der Waals surface area (Å²) in [5, 5.41) is 6.66. The van der Waals surface area contributed by atoms with Crippen LogP contribution in [0.1, 0.15) is 23.1 Å². The first-order valence-electron chi connectivity index (χ1n) is 8.14. The van der Waals surface area contributed by atoms with Gasteiger partial charge in [-0.25, -0.2) is 4.98 Å². The summed E-state index contributed by atoms with van der Waals surface area (Å²) < 4.78 is 5.78. The Balaban J connectivity index is 1.64. The Bertz CT molecular complexity index is 627. The van der Waals surface area contributed by atoms with Crippen molar-refractivity contribution < 1.29 is 4.74 Å². The molecule has 2 aromatic rings. The monoisotopic (exact) mass is 346 g/mol. The molecule has 0 aliphatic carbocycles. The van der Waals surface area contributed by atoms with Crippen LogP contribution >= 0.6 is 11.3 Å². The first kappa shape index (κ1) is 18.4. The van der Waals surface area contributed by atoms with Crippen LogP contribution in [0.4, 0.5) is 0 Å². The highest BCUT2D eigenvalue weighted by atomic mass is 32.1. The molecule has 1 aromatic heterocycles. The molecule has 0 fully saturated rings. The zero-order valence-electron chi connectivity index (χ0n) is 14.6. The molecule has 2 rings (SSSR count). The average molecular weight is 347 g/mol. The zero-order valence-corrected chi connectivity index (χ0v) is 15.4. The minimum atomic E-state index is 0.400. The van der Waals surface area contributed by atoms with Crippen molar-refractivity contribution in [1.29, 1.82) is 0 Å². The van der Waals surface area contributed by atoms with E-state index in [1.54, 1.807) is 18.4 Å². The number of nitrogens with one attached hydrogen (secondary N) is 2. The second-order valence-electron chi connectivity index (χ2n) is 5.77. The number of aliphatic imine (C=N–C) groups is 1. The summed E-state index contributed by atoms with van der Waals surface area (Å²) in [6, 6.07) is 10.2. The van der Waals surface area contributed by atoms with Gasteiger partial charge in [-0.1, -0.05) is 37.3 Å². The lowest BCUT2D eigenvalue weighted by Gasteiger charge is -2.16. The van der Waals surface area contributed by atoms with Crippen molar-refractivity contribution >= 4 is 17.3 Å². The number of nitrogens with zero attached hydrogens (tertiary/aromatic N) is 2. The molecule has 0 aliphatic heterocycles. The van der Waals surface area contributed by atoms with Crippen LogP contribution < -0.4 is 10.6 Å². The van der Waals surface area contributed by atoms with Gasteiger partial charge in [0.2, 0.25) is 0 Å². The molecule has 0 bridgehead atoms. The van der Waals surface area contributed by atoms with Crippen molar-refractivity contribution in [3.05, 3.63) is 52.0 Å². The number of hydrogen-bond donors (Lipinski definition) is 2. The number of rotatable bonds is 8. The number of guanidine groups is 1. The summed E-state index contributed by atoms with van der Waals surface area (Å²) in [7, 11) is 1.78. The quantitative estimate of drug-likeness (QED) is 0.570. The van der Waals surface area contributed by atoms with Crippen molar-refractivity contribution in [3.8, 4) is 0 Å². The van der Waals surface area contributed by atoms with E-state index < -0.39 is 0 Å². The SMILES string of the molecule is CN=C(NCc1scnc1C)NCC(C)COCc1ccccc1. The Hall–Kier alpha value is -1.92. The van der Waals surface area contributed by atoms with Gasteiger partial charge in [-0.2, -0.15) is 0 Å². The molecule has 1 aromatic carbocycles. The van der Waals surface area contributed by atoms with E-state index in [9.17, 15) is 0 Å². The van der Waals surface area contributed by atoms with Gasteiger partial charge in [0.05, 0.1) is 31.0 Å². The molecule has 0 amide bonds. The number of hydrogen-bond acceptors (Lipinski definition) is 4. The van der Waals surface area contributed by atoms with Crippen molar-refractivity contribution in [1.82, 2.24) is 15.6 Å². The van der Waals surface area contributed by atoms with Gasteiger partial charge >= 0.3 is 0 Å². The van der Waals surface area contributed by atoms with E-state index in [1.807, 2.05) is 30.6 Å². The fraction of sp³-hybridized carbons (Fsp3) is 0.444. The van der Waals surface area contributed by atoms with E-state index in [0.29, 0.717) is 19.1 Å². The predicted octanol–water partition coefficient (Wildman–Crippen LogP) is 2.97. The van der Waals surface area contributed by atoms with E-state index >= 15 is 0 Å². The smallest absolute Gasteiger partial charge is 0.191 e. The third-order valence-electron chi connectivity index (χ3n) is 3.62. The van der Waals surface area contributed by atoms with Crippen LogP contribution in [0.2, 0.25) is 0 Å². The first-order valence-corrected chi connectivity index (χ1v) is 9.02. The van der Waals surface area contributed by atoms with E-state index in [4.69, 9.17) is 4.74 Å². The Labute approximate surface area is 148 Å². The molecule has 0 saturated heterocycles. The third kappa shape index (κ3) is 6.29. The Kier molecular flexibility index (Phi) is 7.71. The molecule has 0 saturated carbocycles. The Morgan fingerprint density at radius 2 is 2.08 bits per heavy atom. The summed E-state index contributed by atoms with van der Waals surface area (Å²) in [6.07, 6.45) is 0. The molecule has 6 heteroatoms. The summed E-state index contributed by atoms with van der Waals surface area (Å²) in [5.74, 6) is 1.20. The van der Waals surface area contributed by atoms with E-state index in [0.717, 1.165) is 24.7 Å². The number of benzene rings is 1. The summed E-state index contributed by atoms with van der Waals surface area (Å²) in [4.78, 5) is 9.74. The predicted molar refractivity (Wildman–Crippen MR) is 100 cm³/mol. The highest BCUT2D eigenvalue weighted by Gasteiger charge is 2.06. The number of thiazole rings is 1. The lowest BCUT2D eigenvalue weighted by Crippen LogP contribution is -2.39. The standard InChI is InChI=1S/C18H26N4OS/c1-14(11-23-12-16-7-5-4-6-8-16)9-20-18(19-3)21-10-17-15(2)22-13-24-17/h4-8,13-14H,9-12H2,1-3H3,(H2,19,20,21). The Morgan fingerprint density at radius 1 is 1.29 bits per heavy atom. The molecule has 1 atom stereocenters. The van der Waals surface area contributed by atoms with Crippen LogP contribution in [0, 0.1) is 12.8 Å². The van der Waals surface area contributed by atoms with Gasteiger partial charge < -0.3 is 15.4 Å². The molecule has 5 nitrogen and oxygen atoms in total. The van der Waals surface area contributed by atoms with E-state index in [-0.39, 0.29) is 0 Å². The lowest BCUT2D eigenvalue weighted by atomic mass is 10.2. The normalized spacial score (nSPS) is 12.9. The van der Waals surface area contributed by atoms with Crippen LogP contribution in [0.3, 0.4) is 0 Å². The molecule has 2 N–H and O–H groups in total. The molecule has 1 unspecified atom stereocenters. The molecule has 24 heavy (non-hydrogen) atoms. The minimum Gasteiger partial charge on any atom is -0.376 e. The van der Waals surface area contributed by atoms with Crippen LogP contribution in [0.5, 0.6) is 0 Å². The number of ether oxygens (including phenoxy) is 1. The Morgan fingerprint density at radius 3 is 2.75 bits per heavy atom. The van der Waals surface area contributed by atoms with Gasteiger partial charge in [0.25, 0.3) is 0 Å². The maximum absolute atomic E-state index is 5.78. The van der Waals surface area contributed by atoms with Gasteiger partial charge in [0.15, 0.2) is 5.96 Å². The molecular formula is C18H26N4OS. The highest BCUT2D eigenvalue weighted by molar-refractivity contribution is 7.09. The molecule has 0 radical (unpaired) electrons. The van der Waals surface area contributed by atoms with Crippen LogP contribution in [0.15, 0.2) is 40.8 Å². The van der Waals surface area contributed by atoms with E-state index in [2.05, 4.69) is 39.7 Å². The van der Waals surface area contributed by atoms with Crippen molar-refractivity contribution in [3.63, 3.8) is 0 Å². The molecule has 0 aliphatic rings. The molecule has 0 spiro atoms. The number of aryl methyl sites for hydroxylation is 1. The third-order valence-corrected chi connectivity index (χ3v) is 4.55. The second kappa shape index (κ2) is 10.1. The molecule has 1 heterocycles. The topological polar surface area (TPSA) is 58.5 Å². The van der Waals surface area contributed by atoms with E-state index in [1.165, 1.54) is 10.4 Å². The largest absolute Gasteiger partial charge is 0.376 e. The van der Waals surface area contributed by atoms with Gasteiger partial charge in [-0.15, -0.1) is 11.3 Å². The summed E-state index contributed by atoms with van der Waals surface area (Å²) in [6.45, 7) is 7.12. The van der Waals surface area contributed by atoms with Gasteiger partial charge in [-0.3, -0.25) is 4.99 Å². The van der Waals surface area contributed by atoms with Crippen molar-refractivity contribution in [2.45, 2.75) is 27.0 Å². The summed E-state index contributed by atoms with van der Waals surface area (Å²) in [5.41, 5.74) is 4.15. The van der Waals surface area contributed by atoms with Crippen LogP contribution in [-0.4, -0.2) is 31.1 Å². The molecule has 130 valence electrons. The number of aromatic nitrogens is 1. The average Bonchev–Trinajstić information content (AvgIpc) is 3.01. The van der Waals surface area contributed by atoms with Crippen LogP contribution in [-0.2, 0) is 17.9 Å². The lowest BCUT2D eigenvalue weighted by molar-refractivity contribution is 0.0931. The fourth-order valence-electron chi connectivity index (χ4n) is 2.16. The first-order chi connectivity index (χ1) is 11.7. The molecular weight excluding hydrogens is 320 g/mol. The second-order valence-corrected chi connectivity index (χ2v) is 6.71. The zero-order chi connectivity index (χ0) is 17.2. The van der Waals surface area contributed by atoms with Crippen molar-refractivity contribution in [2.24, 2.45) is 10.9 Å². The fourth-order valence-corrected chi connectivity index (χ4v) is 2.88. The van der Waals surface area contributed by atoms with Gasteiger partial charge in [0, 0.05) is 18.5 Å². The highest BCUT2D eigenvalue weighted by Crippen LogP contribution is 2.11. The van der Waals surface area contributed by atoms with Crippen molar-refractivity contribution in [2.75, 3.05) is 20.2 Å².